The van der Waals surface area contributed by atoms with E-state index in [0.717, 1.165) is 17.0 Å². The number of thiophene rings is 1. The molecule has 0 spiro atoms. The lowest BCUT2D eigenvalue weighted by Gasteiger charge is -2.04. The first-order valence-electron chi connectivity index (χ1n) is 6.66. The lowest BCUT2D eigenvalue weighted by Crippen LogP contribution is -2.37. The summed E-state index contributed by atoms with van der Waals surface area (Å²) < 4.78 is 0. The van der Waals surface area contributed by atoms with E-state index in [1.165, 1.54) is 11.3 Å². The van der Waals surface area contributed by atoms with Gasteiger partial charge < -0.3 is 10.6 Å². The zero-order chi connectivity index (χ0) is 15.2. The predicted molar refractivity (Wildman–Crippen MR) is 85.8 cm³/mol. The van der Waals surface area contributed by atoms with Crippen LogP contribution in [0, 0.1) is 6.92 Å². The molecule has 112 valence electrons. The molecule has 0 aromatic carbocycles. The summed E-state index contributed by atoms with van der Waals surface area (Å²) >= 11 is 2.94. The highest BCUT2D eigenvalue weighted by Crippen LogP contribution is 2.29. The maximum absolute atomic E-state index is 12.1. The molecular weight excluding hydrogens is 306 g/mol. The molecule has 0 fully saturated rings. The molecule has 21 heavy (non-hydrogen) atoms. The maximum Gasteiger partial charge on any atom is 0.263 e. The van der Waals surface area contributed by atoms with Gasteiger partial charge in [-0.25, -0.2) is 4.98 Å². The highest BCUT2D eigenvalue weighted by molar-refractivity contribution is 7.17. The molecule has 2 aromatic heterocycles. The van der Waals surface area contributed by atoms with E-state index in [2.05, 4.69) is 15.6 Å². The van der Waals surface area contributed by atoms with Crippen LogP contribution in [0.3, 0.4) is 0 Å². The number of hydrogen-bond acceptors (Lipinski definition) is 5. The van der Waals surface area contributed by atoms with Crippen molar-refractivity contribution in [3.05, 3.63) is 27.4 Å². The average Bonchev–Trinajstić information content (AvgIpc) is 3.11. The zero-order valence-electron chi connectivity index (χ0n) is 11.9. The summed E-state index contributed by atoms with van der Waals surface area (Å²) in [5.41, 5.74) is 1.71. The summed E-state index contributed by atoms with van der Waals surface area (Å²) in [5, 5.41) is 10.1. The molecule has 2 amide bonds. The van der Waals surface area contributed by atoms with E-state index >= 15 is 0 Å². The summed E-state index contributed by atoms with van der Waals surface area (Å²) in [7, 11) is 0. The van der Waals surface area contributed by atoms with E-state index in [-0.39, 0.29) is 18.4 Å². The van der Waals surface area contributed by atoms with Crippen molar-refractivity contribution in [2.24, 2.45) is 0 Å². The van der Waals surface area contributed by atoms with Crippen molar-refractivity contribution in [1.29, 1.82) is 0 Å². The maximum atomic E-state index is 12.1. The Hall–Kier alpha value is -1.73. The fourth-order valence-corrected chi connectivity index (χ4v) is 3.38. The molecule has 0 radical (unpaired) electrons. The molecule has 5 nitrogen and oxygen atoms in total. The summed E-state index contributed by atoms with van der Waals surface area (Å²) in [6.45, 7) is 4.39. The molecule has 0 atom stereocenters. The molecule has 2 rings (SSSR count). The molecule has 0 aliphatic carbocycles. The van der Waals surface area contributed by atoms with E-state index in [4.69, 9.17) is 0 Å². The largest absolute Gasteiger partial charge is 0.355 e. The Kier molecular flexibility index (Phi) is 5.46. The number of nitrogens with one attached hydrogen (secondary N) is 2. The van der Waals surface area contributed by atoms with E-state index in [9.17, 15) is 9.59 Å². The van der Waals surface area contributed by atoms with Crippen molar-refractivity contribution in [3.63, 3.8) is 0 Å². The first kappa shape index (κ1) is 15.7. The van der Waals surface area contributed by atoms with Crippen molar-refractivity contribution < 1.29 is 9.59 Å². The highest BCUT2D eigenvalue weighted by Gasteiger charge is 2.16. The summed E-state index contributed by atoms with van der Waals surface area (Å²) in [6.07, 6.45) is 0.873. The molecule has 0 bridgehead atoms. The minimum Gasteiger partial charge on any atom is -0.355 e. The molecule has 0 aliphatic heterocycles. The minimum atomic E-state index is -0.252. The lowest BCUT2D eigenvalue weighted by atomic mass is 10.3. The second-order valence-electron chi connectivity index (χ2n) is 4.48. The van der Waals surface area contributed by atoms with E-state index in [1.54, 1.807) is 18.3 Å². The Morgan fingerprint density at radius 1 is 1.33 bits per heavy atom. The number of thiazole rings is 1. The van der Waals surface area contributed by atoms with Crippen molar-refractivity contribution >= 4 is 34.5 Å². The molecule has 0 saturated carbocycles. The van der Waals surface area contributed by atoms with Crippen LogP contribution in [0.2, 0.25) is 0 Å². The van der Waals surface area contributed by atoms with Crippen molar-refractivity contribution in [2.75, 3.05) is 13.1 Å². The van der Waals surface area contributed by atoms with Crippen LogP contribution in [0.1, 0.15) is 28.7 Å². The Morgan fingerprint density at radius 3 is 2.81 bits per heavy atom. The van der Waals surface area contributed by atoms with Gasteiger partial charge in [-0.15, -0.1) is 11.3 Å². The fraction of sp³-hybridized carbons (Fsp3) is 0.357. The van der Waals surface area contributed by atoms with Gasteiger partial charge in [-0.05, 0) is 24.8 Å². The van der Waals surface area contributed by atoms with Crippen molar-refractivity contribution in [2.45, 2.75) is 20.3 Å². The molecule has 7 heteroatoms. The van der Waals surface area contributed by atoms with Crippen molar-refractivity contribution in [3.8, 4) is 10.6 Å². The normalized spacial score (nSPS) is 10.4. The highest BCUT2D eigenvalue weighted by atomic mass is 32.1. The Bertz CT molecular complexity index is 620. The first-order valence-corrected chi connectivity index (χ1v) is 8.42. The van der Waals surface area contributed by atoms with Crippen LogP contribution >= 0.6 is 22.7 Å². The van der Waals surface area contributed by atoms with Crippen LogP contribution < -0.4 is 10.6 Å². The van der Waals surface area contributed by atoms with Gasteiger partial charge in [-0.2, -0.15) is 11.3 Å². The summed E-state index contributed by atoms with van der Waals surface area (Å²) in [5.74, 6) is -0.427. The van der Waals surface area contributed by atoms with E-state index < -0.39 is 0 Å². The summed E-state index contributed by atoms with van der Waals surface area (Å²) in [4.78, 5) is 28.6. The lowest BCUT2D eigenvalue weighted by molar-refractivity contribution is -0.120. The van der Waals surface area contributed by atoms with Gasteiger partial charge in [-0.3, -0.25) is 9.59 Å². The standard InChI is InChI=1S/C14H17N3O2S2/c1-3-5-15-11(18)7-16-13(19)12-9(2)17-14(21-12)10-4-6-20-8-10/h4,6,8H,3,5,7H2,1-2H3,(H,15,18)(H,16,19). The molecule has 0 saturated heterocycles. The first-order chi connectivity index (χ1) is 10.1. The number of nitrogens with zero attached hydrogens (tertiary/aromatic N) is 1. The second-order valence-corrected chi connectivity index (χ2v) is 6.26. The monoisotopic (exact) mass is 323 g/mol. The number of aromatic nitrogens is 1. The van der Waals surface area contributed by atoms with Gasteiger partial charge in [0.25, 0.3) is 5.91 Å². The van der Waals surface area contributed by atoms with Gasteiger partial charge >= 0.3 is 0 Å². The molecule has 0 unspecified atom stereocenters. The predicted octanol–water partition coefficient (Wildman–Crippen LogP) is 2.44. The number of aryl methyl sites for hydroxylation is 1. The molecule has 2 N–H and O–H groups in total. The topological polar surface area (TPSA) is 71.1 Å². The molecule has 2 aromatic rings. The van der Waals surface area contributed by atoms with Crippen LogP contribution in [-0.2, 0) is 4.79 Å². The zero-order valence-corrected chi connectivity index (χ0v) is 13.6. The smallest absolute Gasteiger partial charge is 0.263 e. The summed E-state index contributed by atoms with van der Waals surface area (Å²) in [6, 6.07) is 1.98. The van der Waals surface area contributed by atoms with Gasteiger partial charge in [0.15, 0.2) is 0 Å². The quantitative estimate of drug-likeness (QED) is 0.858. The Labute approximate surface area is 131 Å². The van der Waals surface area contributed by atoms with Crippen LogP contribution in [0.5, 0.6) is 0 Å². The SMILES string of the molecule is CCCNC(=O)CNC(=O)c1sc(-c2ccsc2)nc1C. The van der Waals surface area contributed by atoms with Gasteiger partial charge in [0, 0.05) is 17.5 Å². The van der Waals surface area contributed by atoms with Gasteiger partial charge in [-0.1, -0.05) is 6.92 Å². The van der Waals surface area contributed by atoms with Crippen molar-refractivity contribution in [1.82, 2.24) is 15.6 Å². The average molecular weight is 323 g/mol. The number of carbonyl (C=O) groups is 2. The van der Waals surface area contributed by atoms with Gasteiger partial charge in [0.1, 0.15) is 9.88 Å². The number of amides is 2. The molecule has 0 aliphatic rings. The number of rotatable bonds is 6. The fourth-order valence-electron chi connectivity index (χ4n) is 1.68. The number of hydrogen-bond donors (Lipinski definition) is 2. The third kappa shape index (κ3) is 4.12. The van der Waals surface area contributed by atoms with Gasteiger partial charge in [0.2, 0.25) is 5.91 Å². The van der Waals surface area contributed by atoms with Gasteiger partial charge in [0.05, 0.1) is 12.2 Å². The van der Waals surface area contributed by atoms with Crippen LogP contribution in [0.4, 0.5) is 0 Å². The Balaban J connectivity index is 1.98. The minimum absolute atomic E-state index is 0.00996. The second kappa shape index (κ2) is 7.33. The van der Waals surface area contributed by atoms with E-state index in [0.29, 0.717) is 17.1 Å². The van der Waals surface area contributed by atoms with E-state index in [1.807, 2.05) is 23.8 Å². The number of carbonyl (C=O) groups excluding carboxylic acids is 2. The molecule has 2 heterocycles. The third-order valence-corrected chi connectivity index (χ3v) is 4.64. The van der Waals surface area contributed by atoms with Crippen LogP contribution in [-0.4, -0.2) is 29.9 Å². The Morgan fingerprint density at radius 2 is 2.14 bits per heavy atom. The third-order valence-electron chi connectivity index (χ3n) is 2.75. The van der Waals surface area contributed by atoms with Crippen LogP contribution in [0.25, 0.3) is 10.6 Å². The van der Waals surface area contributed by atoms with Crippen LogP contribution in [0.15, 0.2) is 16.8 Å². The molecular formula is C14H17N3O2S2.